The van der Waals surface area contributed by atoms with E-state index in [0.29, 0.717) is 40.6 Å². The van der Waals surface area contributed by atoms with Gasteiger partial charge < -0.3 is 14.2 Å². The number of nitrogens with zero attached hydrogens (tertiary/aromatic N) is 1. The Hall–Kier alpha value is -3.12. The fourth-order valence-corrected chi connectivity index (χ4v) is 5.10. The first-order chi connectivity index (χ1) is 16.4. The van der Waals surface area contributed by atoms with Crippen molar-refractivity contribution in [1.82, 2.24) is 0 Å². The Labute approximate surface area is 204 Å². The molecule has 1 heterocycles. The van der Waals surface area contributed by atoms with E-state index in [1.54, 1.807) is 27.2 Å². The molecule has 1 aliphatic carbocycles. The zero-order chi connectivity index (χ0) is 24.4. The van der Waals surface area contributed by atoms with Crippen LogP contribution < -0.4 is 9.47 Å². The van der Waals surface area contributed by atoms with E-state index in [4.69, 9.17) is 30.8 Å². The summed E-state index contributed by atoms with van der Waals surface area (Å²) in [4.78, 5) is 31.5. The summed E-state index contributed by atoms with van der Waals surface area (Å²) >= 11 is 6.05. The number of esters is 1. The van der Waals surface area contributed by atoms with Crippen LogP contribution in [0, 0.1) is 5.92 Å². The van der Waals surface area contributed by atoms with Crippen LogP contribution in [0.2, 0.25) is 5.02 Å². The van der Waals surface area contributed by atoms with Gasteiger partial charge in [0, 0.05) is 34.3 Å². The number of allylic oxidation sites excluding steroid dienone is 2. The number of benzene rings is 2. The number of hydrogen-bond donors (Lipinski definition) is 0. The van der Waals surface area contributed by atoms with Crippen molar-refractivity contribution < 1.29 is 23.8 Å². The average molecular weight is 482 g/mol. The van der Waals surface area contributed by atoms with Crippen LogP contribution >= 0.6 is 11.6 Å². The summed E-state index contributed by atoms with van der Waals surface area (Å²) < 4.78 is 16.3. The molecule has 0 saturated heterocycles. The van der Waals surface area contributed by atoms with Crippen molar-refractivity contribution in [1.29, 1.82) is 0 Å². The highest BCUT2D eigenvalue weighted by Gasteiger charge is 2.45. The maximum absolute atomic E-state index is 13.6. The molecular weight excluding hydrogens is 454 g/mol. The minimum Gasteiger partial charge on any atom is -0.493 e. The van der Waals surface area contributed by atoms with Gasteiger partial charge in [-0.1, -0.05) is 29.8 Å². The Bertz CT molecular complexity index is 1170. The van der Waals surface area contributed by atoms with Gasteiger partial charge in [-0.05, 0) is 61.6 Å². The van der Waals surface area contributed by atoms with Crippen molar-refractivity contribution in [2.24, 2.45) is 10.9 Å². The van der Waals surface area contributed by atoms with Gasteiger partial charge in [0.2, 0.25) is 0 Å². The molecule has 3 atom stereocenters. The second kappa shape index (κ2) is 10.0. The predicted molar refractivity (Wildman–Crippen MR) is 131 cm³/mol. The van der Waals surface area contributed by atoms with E-state index in [1.165, 1.54) is 0 Å². The second-order valence-corrected chi connectivity index (χ2v) is 8.95. The largest absolute Gasteiger partial charge is 0.493 e. The minimum absolute atomic E-state index is 0.00487. The Morgan fingerprint density at radius 1 is 1.03 bits per heavy atom. The quantitative estimate of drug-likeness (QED) is 0.509. The lowest BCUT2D eigenvalue weighted by Crippen LogP contribution is -2.38. The van der Waals surface area contributed by atoms with Crippen molar-refractivity contribution in [2.75, 3.05) is 20.8 Å². The van der Waals surface area contributed by atoms with E-state index in [2.05, 4.69) is 0 Å². The lowest BCUT2D eigenvalue weighted by Gasteiger charge is -2.36. The SMILES string of the molecule is CCOC(=O)C1C(C)=NC2=C(C(=O)C[C@@H](c3ccc(Cl)cc3)C2)[C@H]1c1ccc(OC)c(OC)c1. The third-order valence-corrected chi connectivity index (χ3v) is 6.79. The highest BCUT2D eigenvalue weighted by Crippen LogP contribution is 2.48. The van der Waals surface area contributed by atoms with Crippen LogP contribution in [-0.4, -0.2) is 38.3 Å². The predicted octanol–water partition coefficient (Wildman–Crippen LogP) is 5.50. The van der Waals surface area contributed by atoms with E-state index in [0.717, 1.165) is 16.8 Å². The zero-order valence-electron chi connectivity index (χ0n) is 19.8. The molecule has 0 bridgehead atoms. The Morgan fingerprint density at radius 2 is 1.71 bits per heavy atom. The molecule has 7 heteroatoms. The molecule has 2 aliphatic rings. The summed E-state index contributed by atoms with van der Waals surface area (Å²) in [5, 5.41) is 0.656. The van der Waals surface area contributed by atoms with E-state index in [9.17, 15) is 9.59 Å². The van der Waals surface area contributed by atoms with Crippen molar-refractivity contribution in [2.45, 2.75) is 38.5 Å². The van der Waals surface area contributed by atoms with Crippen LogP contribution in [-0.2, 0) is 14.3 Å². The van der Waals surface area contributed by atoms with Crippen molar-refractivity contribution in [3.8, 4) is 11.5 Å². The standard InChI is InChI=1S/C27H28ClNO5/c1-5-34-27(31)24-15(2)29-20-12-18(16-6-9-19(28)10-7-16)13-21(30)26(20)25(24)17-8-11-22(32-3)23(14-17)33-4/h6-11,14,18,24-25H,5,12-13H2,1-4H3/t18-,24?,25-/m0/s1. The van der Waals surface area contributed by atoms with Crippen molar-refractivity contribution >= 4 is 29.1 Å². The maximum atomic E-state index is 13.6. The van der Waals surface area contributed by atoms with Crippen LogP contribution in [0.3, 0.4) is 0 Å². The van der Waals surface area contributed by atoms with Gasteiger partial charge in [0.05, 0.1) is 20.8 Å². The number of rotatable bonds is 6. The van der Waals surface area contributed by atoms with Gasteiger partial charge in [0.25, 0.3) is 0 Å². The molecule has 2 aromatic rings. The number of ketones is 1. The zero-order valence-corrected chi connectivity index (χ0v) is 20.5. The van der Waals surface area contributed by atoms with Crippen LogP contribution in [0.25, 0.3) is 0 Å². The van der Waals surface area contributed by atoms with Gasteiger partial charge in [0.15, 0.2) is 17.3 Å². The van der Waals surface area contributed by atoms with Gasteiger partial charge in [-0.2, -0.15) is 0 Å². The van der Waals surface area contributed by atoms with Gasteiger partial charge >= 0.3 is 5.97 Å². The normalized spacial score (nSPS) is 22.1. The van der Waals surface area contributed by atoms with E-state index in [1.807, 2.05) is 43.3 Å². The number of halogens is 1. The molecular formula is C27H28ClNO5. The highest BCUT2D eigenvalue weighted by atomic mass is 35.5. The smallest absolute Gasteiger partial charge is 0.315 e. The van der Waals surface area contributed by atoms with Crippen LogP contribution in [0.5, 0.6) is 11.5 Å². The van der Waals surface area contributed by atoms with Gasteiger partial charge in [0.1, 0.15) is 5.92 Å². The molecule has 34 heavy (non-hydrogen) atoms. The van der Waals surface area contributed by atoms with Gasteiger partial charge in [-0.25, -0.2) is 0 Å². The van der Waals surface area contributed by atoms with Crippen molar-refractivity contribution in [3.63, 3.8) is 0 Å². The molecule has 2 aromatic carbocycles. The van der Waals surface area contributed by atoms with E-state index in [-0.39, 0.29) is 24.3 Å². The summed E-state index contributed by atoms with van der Waals surface area (Å²) in [6.07, 6.45) is 0.952. The third-order valence-electron chi connectivity index (χ3n) is 6.54. The van der Waals surface area contributed by atoms with Crippen LogP contribution in [0.4, 0.5) is 0 Å². The van der Waals surface area contributed by atoms with E-state index >= 15 is 0 Å². The first-order valence-electron chi connectivity index (χ1n) is 11.3. The number of carbonyl (C=O) groups excluding carboxylic acids is 2. The Balaban J connectivity index is 1.82. The molecule has 4 rings (SSSR count). The number of carbonyl (C=O) groups is 2. The van der Waals surface area contributed by atoms with Crippen LogP contribution in [0.15, 0.2) is 58.7 Å². The Morgan fingerprint density at radius 3 is 2.35 bits per heavy atom. The molecule has 0 saturated carbocycles. The minimum atomic E-state index is -0.687. The summed E-state index contributed by atoms with van der Waals surface area (Å²) in [5.74, 6) is -0.475. The summed E-state index contributed by atoms with van der Waals surface area (Å²) in [5.41, 5.74) is 3.79. The summed E-state index contributed by atoms with van der Waals surface area (Å²) in [7, 11) is 3.13. The molecule has 0 N–H and O–H groups in total. The maximum Gasteiger partial charge on any atom is 0.315 e. The first-order valence-corrected chi connectivity index (χ1v) is 11.7. The van der Waals surface area contributed by atoms with Crippen molar-refractivity contribution in [3.05, 3.63) is 69.9 Å². The summed E-state index contributed by atoms with van der Waals surface area (Å²) in [6.45, 7) is 3.85. The lowest BCUT2D eigenvalue weighted by molar-refractivity contribution is -0.146. The van der Waals surface area contributed by atoms with Gasteiger partial charge in [-0.15, -0.1) is 0 Å². The summed E-state index contributed by atoms with van der Waals surface area (Å²) in [6, 6.07) is 13.1. The highest BCUT2D eigenvalue weighted by molar-refractivity contribution is 6.30. The lowest BCUT2D eigenvalue weighted by atomic mass is 9.69. The number of aliphatic imine (C=N–C) groups is 1. The fourth-order valence-electron chi connectivity index (χ4n) is 4.97. The number of methoxy groups -OCH3 is 2. The number of Topliss-reactive ketones (excluding diaryl/α,β-unsaturated/α-hetero) is 1. The molecule has 1 unspecified atom stereocenters. The number of ether oxygens (including phenoxy) is 3. The molecule has 6 nitrogen and oxygen atoms in total. The molecule has 0 spiro atoms. The average Bonchev–Trinajstić information content (AvgIpc) is 2.83. The van der Waals surface area contributed by atoms with Crippen LogP contribution in [0.1, 0.15) is 49.7 Å². The Kier molecular flexibility index (Phi) is 7.08. The number of hydrogen-bond acceptors (Lipinski definition) is 6. The molecule has 0 fully saturated rings. The van der Waals surface area contributed by atoms with E-state index < -0.39 is 11.8 Å². The molecule has 0 radical (unpaired) electrons. The van der Waals surface area contributed by atoms with Gasteiger partial charge in [-0.3, -0.25) is 14.6 Å². The fraction of sp³-hybridized carbons (Fsp3) is 0.370. The molecule has 0 aromatic heterocycles. The molecule has 0 amide bonds. The third kappa shape index (κ3) is 4.47. The topological polar surface area (TPSA) is 74.2 Å². The second-order valence-electron chi connectivity index (χ2n) is 8.52. The first kappa shape index (κ1) is 24.0. The monoisotopic (exact) mass is 481 g/mol. The molecule has 1 aliphatic heterocycles. The molecule has 178 valence electrons.